The molecule has 188 valence electrons. The molecule has 0 atom stereocenters. The first kappa shape index (κ1) is 26.5. The number of likely N-dealkylation sites (N-methyl/N-ethyl adjacent to an activating group) is 1. The molecule has 0 radical (unpaired) electrons. The molecule has 2 aromatic carbocycles. The van der Waals surface area contributed by atoms with E-state index in [1.54, 1.807) is 11.9 Å². The normalized spacial score (nSPS) is 15.0. The lowest BCUT2D eigenvalue weighted by Crippen LogP contribution is -2.30. The van der Waals surface area contributed by atoms with Gasteiger partial charge in [0.15, 0.2) is 5.78 Å². The maximum Gasteiger partial charge on any atom is 0.224 e. The van der Waals surface area contributed by atoms with Crippen molar-refractivity contribution in [2.75, 3.05) is 39.2 Å². The molecule has 2 aliphatic rings. The predicted octanol–water partition coefficient (Wildman–Crippen LogP) is 3.69. The van der Waals surface area contributed by atoms with Gasteiger partial charge < -0.3 is 25.0 Å². The zero-order valence-electron chi connectivity index (χ0n) is 20.8. The summed E-state index contributed by atoms with van der Waals surface area (Å²) in [6.07, 6.45) is 0.172. The summed E-state index contributed by atoms with van der Waals surface area (Å²) < 4.78 is 11.6. The fourth-order valence-corrected chi connectivity index (χ4v) is 4.53. The SMILES string of the molecule is Br.CCOc1cc2c(cc1CC(=O)NC)C(=N)N(CC(=O)c1cc(NC)c3c(c1)C(C)(C)CO3)C2. The van der Waals surface area contributed by atoms with E-state index in [1.807, 2.05) is 38.2 Å². The number of anilines is 1. The van der Waals surface area contributed by atoms with E-state index in [0.717, 1.165) is 33.7 Å². The van der Waals surface area contributed by atoms with Gasteiger partial charge in [-0.3, -0.25) is 15.0 Å². The Hall–Kier alpha value is -3.07. The Balaban J connectivity index is 0.00000342. The van der Waals surface area contributed by atoms with Gasteiger partial charge in [-0.15, -0.1) is 17.0 Å². The van der Waals surface area contributed by atoms with E-state index < -0.39 is 0 Å². The van der Waals surface area contributed by atoms with Crippen LogP contribution in [-0.4, -0.2) is 56.3 Å². The lowest BCUT2D eigenvalue weighted by Gasteiger charge is -2.19. The van der Waals surface area contributed by atoms with E-state index in [1.165, 1.54) is 0 Å². The Morgan fingerprint density at radius 3 is 2.60 bits per heavy atom. The van der Waals surface area contributed by atoms with Gasteiger partial charge in [-0.25, -0.2) is 0 Å². The van der Waals surface area contributed by atoms with Crippen molar-refractivity contribution in [2.45, 2.75) is 39.2 Å². The van der Waals surface area contributed by atoms with Gasteiger partial charge in [0, 0.05) is 48.3 Å². The van der Waals surface area contributed by atoms with Gasteiger partial charge >= 0.3 is 0 Å². The summed E-state index contributed by atoms with van der Waals surface area (Å²) in [4.78, 5) is 27.1. The molecule has 2 aromatic rings. The van der Waals surface area contributed by atoms with Crippen LogP contribution in [0.4, 0.5) is 5.69 Å². The smallest absolute Gasteiger partial charge is 0.224 e. The van der Waals surface area contributed by atoms with Crippen molar-refractivity contribution in [3.05, 3.63) is 52.1 Å². The quantitative estimate of drug-likeness (QED) is 0.438. The van der Waals surface area contributed by atoms with Gasteiger partial charge in [0.05, 0.1) is 31.9 Å². The number of fused-ring (bicyclic) bond motifs is 2. The Kier molecular flexibility index (Phi) is 7.79. The summed E-state index contributed by atoms with van der Waals surface area (Å²) in [6.45, 7) is 7.68. The van der Waals surface area contributed by atoms with Crippen LogP contribution in [0.25, 0.3) is 0 Å². The molecule has 0 saturated heterocycles. The molecule has 1 amide bonds. The molecule has 2 aliphatic heterocycles. The average molecular weight is 545 g/mol. The van der Waals surface area contributed by atoms with Crippen LogP contribution >= 0.6 is 17.0 Å². The van der Waals surface area contributed by atoms with Crippen molar-refractivity contribution in [1.82, 2.24) is 10.2 Å². The number of ether oxygens (including phenoxy) is 2. The number of benzene rings is 2. The number of nitrogens with one attached hydrogen (secondary N) is 3. The molecule has 0 spiro atoms. The standard InChI is InChI=1S/C26H32N4O4.BrH/c1-6-33-22-10-17-12-30(25(27)18(17)7-16(22)11-23(32)29-5)13-21(31)15-8-19-24(20(9-15)28-4)34-14-26(19,2)3;/h7-10,27-28H,6,11-14H2,1-5H3,(H,29,32);1H. The van der Waals surface area contributed by atoms with E-state index in [-0.39, 0.29) is 52.9 Å². The van der Waals surface area contributed by atoms with Gasteiger partial charge in [-0.05, 0) is 36.8 Å². The third-order valence-electron chi connectivity index (χ3n) is 6.47. The third kappa shape index (κ3) is 5.00. The Bertz CT molecular complexity index is 1180. The molecule has 9 heteroatoms. The highest BCUT2D eigenvalue weighted by atomic mass is 79.9. The largest absolute Gasteiger partial charge is 0.494 e. The monoisotopic (exact) mass is 544 g/mol. The zero-order chi connectivity index (χ0) is 24.6. The summed E-state index contributed by atoms with van der Waals surface area (Å²) in [5.74, 6) is 1.54. The number of halogens is 1. The molecular formula is C26H33BrN4O4. The molecular weight excluding hydrogens is 512 g/mol. The van der Waals surface area contributed by atoms with E-state index in [4.69, 9.17) is 14.9 Å². The second kappa shape index (κ2) is 10.3. The van der Waals surface area contributed by atoms with Crippen molar-refractivity contribution >= 4 is 40.2 Å². The van der Waals surface area contributed by atoms with Crippen molar-refractivity contribution in [1.29, 1.82) is 5.41 Å². The van der Waals surface area contributed by atoms with Crippen molar-refractivity contribution in [3.8, 4) is 11.5 Å². The van der Waals surface area contributed by atoms with E-state index >= 15 is 0 Å². The molecule has 0 aliphatic carbocycles. The minimum Gasteiger partial charge on any atom is -0.494 e. The molecule has 0 aromatic heterocycles. The first-order valence-corrected chi connectivity index (χ1v) is 11.5. The maximum absolute atomic E-state index is 13.3. The Labute approximate surface area is 216 Å². The summed E-state index contributed by atoms with van der Waals surface area (Å²) in [5, 5.41) is 14.5. The van der Waals surface area contributed by atoms with Crippen molar-refractivity contribution in [2.24, 2.45) is 0 Å². The third-order valence-corrected chi connectivity index (χ3v) is 6.47. The van der Waals surface area contributed by atoms with Crippen LogP contribution < -0.4 is 20.1 Å². The summed E-state index contributed by atoms with van der Waals surface area (Å²) >= 11 is 0. The van der Waals surface area contributed by atoms with Crippen LogP contribution in [0.3, 0.4) is 0 Å². The minimum atomic E-state index is -0.176. The van der Waals surface area contributed by atoms with Gasteiger partial charge in [0.25, 0.3) is 0 Å². The van der Waals surface area contributed by atoms with Gasteiger partial charge in [0.2, 0.25) is 5.91 Å². The number of carbonyl (C=O) groups is 2. The van der Waals surface area contributed by atoms with Crippen molar-refractivity contribution in [3.63, 3.8) is 0 Å². The maximum atomic E-state index is 13.3. The summed E-state index contributed by atoms with van der Waals surface area (Å²) in [6, 6.07) is 7.48. The minimum absolute atomic E-state index is 0. The molecule has 2 heterocycles. The first-order chi connectivity index (χ1) is 16.2. The number of ketones is 1. The second-order valence-corrected chi connectivity index (χ2v) is 9.35. The van der Waals surface area contributed by atoms with Crippen LogP contribution in [-0.2, 0) is 23.2 Å². The lowest BCUT2D eigenvalue weighted by molar-refractivity contribution is -0.119. The molecule has 0 unspecified atom stereocenters. The number of nitrogens with zero attached hydrogens (tertiary/aromatic N) is 1. The Morgan fingerprint density at radius 2 is 1.94 bits per heavy atom. The van der Waals surface area contributed by atoms with Gasteiger partial charge in [-0.1, -0.05) is 13.8 Å². The van der Waals surface area contributed by atoms with Crippen LogP contribution in [0.2, 0.25) is 0 Å². The molecule has 0 bridgehead atoms. The fourth-order valence-electron chi connectivity index (χ4n) is 4.53. The number of hydrogen-bond donors (Lipinski definition) is 3. The number of Topliss-reactive ketones (excluding diaryl/α,β-unsaturated/α-hetero) is 1. The predicted molar refractivity (Wildman–Crippen MR) is 142 cm³/mol. The summed E-state index contributed by atoms with van der Waals surface area (Å²) in [7, 11) is 3.41. The molecule has 3 N–H and O–H groups in total. The highest BCUT2D eigenvalue weighted by Crippen LogP contribution is 2.44. The first-order valence-electron chi connectivity index (χ1n) is 11.5. The van der Waals surface area contributed by atoms with Crippen molar-refractivity contribution < 1.29 is 19.1 Å². The number of amides is 1. The van der Waals surface area contributed by atoms with E-state index in [9.17, 15) is 9.59 Å². The number of carbonyl (C=O) groups excluding carboxylic acids is 2. The second-order valence-electron chi connectivity index (χ2n) is 9.35. The van der Waals surface area contributed by atoms with Gasteiger partial charge in [0.1, 0.15) is 17.3 Å². The van der Waals surface area contributed by atoms with Gasteiger partial charge in [-0.2, -0.15) is 0 Å². The van der Waals surface area contributed by atoms with E-state index in [2.05, 4.69) is 24.5 Å². The molecule has 0 saturated carbocycles. The molecule has 0 fully saturated rings. The number of rotatable bonds is 8. The highest BCUT2D eigenvalue weighted by molar-refractivity contribution is 8.93. The molecule has 4 rings (SSSR count). The van der Waals surface area contributed by atoms with Crippen LogP contribution in [0, 0.1) is 5.41 Å². The van der Waals surface area contributed by atoms with E-state index in [0.29, 0.717) is 31.1 Å². The van der Waals surface area contributed by atoms with Crippen LogP contribution in [0.5, 0.6) is 11.5 Å². The lowest BCUT2D eigenvalue weighted by atomic mass is 9.85. The average Bonchev–Trinajstić information content (AvgIpc) is 3.28. The zero-order valence-corrected chi connectivity index (χ0v) is 22.5. The topological polar surface area (TPSA) is 104 Å². The molecule has 8 nitrogen and oxygen atoms in total. The Morgan fingerprint density at radius 1 is 1.20 bits per heavy atom. The summed E-state index contributed by atoms with van der Waals surface area (Å²) in [5.41, 5.74) is 4.62. The highest BCUT2D eigenvalue weighted by Gasteiger charge is 2.35. The number of hydrogen-bond acceptors (Lipinski definition) is 6. The number of amidine groups is 1. The van der Waals surface area contributed by atoms with Crippen LogP contribution in [0.15, 0.2) is 24.3 Å². The molecule has 35 heavy (non-hydrogen) atoms. The van der Waals surface area contributed by atoms with Crippen LogP contribution in [0.1, 0.15) is 53.4 Å². The fraction of sp³-hybridized carbons (Fsp3) is 0.423.